The molecule has 0 aliphatic carbocycles. The summed E-state index contributed by atoms with van der Waals surface area (Å²) >= 11 is 12.1. The molecule has 1 aromatic rings. The summed E-state index contributed by atoms with van der Waals surface area (Å²) in [5.41, 5.74) is 0.249. The van der Waals surface area contributed by atoms with Crippen molar-refractivity contribution in [3.8, 4) is 0 Å². The quantitative estimate of drug-likeness (QED) is 0.254. The topological polar surface area (TPSA) is 128 Å². The first-order chi connectivity index (χ1) is 17.8. The third-order valence-corrected chi connectivity index (χ3v) is 7.23. The van der Waals surface area contributed by atoms with E-state index in [1.807, 2.05) is 20.8 Å². The van der Waals surface area contributed by atoms with Gasteiger partial charge in [-0.25, -0.2) is 0 Å². The Kier molecular flexibility index (Phi) is 10.3. The van der Waals surface area contributed by atoms with Crippen molar-refractivity contribution in [3.63, 3.8) is 0 Å². The molecule has 208 valence electrons. The number of ketones is 1. The molecule has 2 heterocycles. The van der Waals surface area contributed by atoms with Crippen LogP contribution < -0.4 is 16.0 Å². The number of aliphatic hydroxyl groups excluding tert-OH is 1. The number of carbonyl (C=O) groups excluding carboxylic acids is 4. The SMILES string of the molecule is CC(C)(C)C[C@H](NC(=O)/C=C/c1ccc(Cl)cc1Cl)C(=O)NC(C[C@@H]1CCNC1O)C(=O)C(=O)N1CCC1. The molecule has 0 bridgehead atoms. The van der Waals surface area contributed by atoms with Crippen molar-refractivity contribution in [2.24, 2.45) is 11.3 Å². The molecule has 4 atom stereocenters. The molecule has 1 aromatic carbocycles. The minimum atomic E-state index is -1.11. The Hall–Kier alpha value is -2.46. The first kappa shape index (κ1) is 30.1. The fourth-order valence-corrected chi connectivity index (χ4v) is 4.93. The Bertz CT molecular complexity index is 1080. The number of nitrogens with zero attached hydrogens (tertiary/aromatic N) is 1. The number of aliphatic hydroxyl groups is 1. The lowest BCUT2D eigenvalue weighted by Crippen LogP contribution is -2.56. The van der Waals surface area contributed by atoms with Gasteiger partial charge in [0, 0.05) is 35.1 Å². The van der Waals surface area contributed by atoms with Gasteiger partial charge in [0.2, 0.25) is 17.6 Å². The van der Waals surface area contributed by atoms with Crippen molar-refractivity contribution in [1.29, 1.82) is 0 Å². The van der Waals surface area contributed by atoms with E-state index in [1.165, 1.54) is 17.1 Å². The van der Waals surface area contributed by atoms with Gasteiger partial charge in [0.1, 0.15) is 12.3 Å². The van der Waals surface area contributed by atoms with Crippen LogP contribution in [0.4, 0.5) is 0 Å². The second-order valence-electron chi connectivity index (χ2n) is 11.1. The molecule has 9 nitrogen and oxygen atoms in total. The second kappa shape index (κ2) is 13.1. The predicted molar refractivity (Wildman–Crippen MR) is 146 cm³/mol. The molecule has 3 amide bonds. The highest BCUT2D eigenvalue weighted by Gasteiger charge is 2.38. The minimum absolute atomic E-state index is 0.115. The van der Waals surface area contributed by atoms with Crippen LogP contribution in [-0.2, 0) is 19.2 Å². The maximum atomic E-state index is 13.4. The summed E-state index contributed by atoms with van der Waals surface area (Å²) in [5.74, 6) is -2.73. The van der Waals surface area contributed by atoms with Crippen LogP contribution in [0.3, 0.4) is 0 Å². The van der Waals surface area contributed by atoms with Crippen molar-refractivity contribution in [2.75, 3.05) is 19.6 Å². The van der Waals surface area contributed by atoms with Crippen molar-refractivity contribution < 1.29 is 24.3 Å². The molecule has 0 radical (unpaired) electrons. The number of likely N-dealkylation sites (tertiary alicyclic amines) is 1. The van der Waals surface area contributed by atoms with E-state index >= 15 is 0 Å². The van der Waals surface area contributed by atoms with Crippen molar-refractivity contribution in [1.82, 2.24) is 20.9 Å². The smallest absolute Gasteiger partial charge is 0.292 e. The molecule has 0 aromatic heterocycles. The maximum absolute atomic E-state index is 13.4. The molecule has 0 saturated carbocycles. The van der Waals surface area contributed by atoms with Crippen LogP contribution in [0.25, 0.3) is 6.08 Å². The van der Waals surface area contributed by atoms with Gasteiger partial charge in [-0.2, -0.15) is 0 Å². The standard InChI is InChI=1S/C27H36Cl2N4O5/c1-27(2,3)15-21(31-22(34)8-6-16-5-7-18(28)14-19(16)29)25(37)32-20(13-17-9-10-30-24(17)36)23(35)26(38)33-11-4-12-33/h5-8,14,17,20-21,24,30,36H,4,9-13,15H2,1-3H3,(H,31,34)(H,32,37)/b8-6+/t17-,20?,21-,24?/m0/s1. The molecule has 38 heavy (non-hydrogen) atoms. The van der Waals surface area contributed by atoms with Gasteiger partial charge >= 0.3 is 0 Å². The summed E-state index contributed by atoms with van der Waals surface area (Å²) < 4.78 is 0. The summed E-state index contributed by atoms with van der Waals surface area (Å²) in [6.07, 6.45) is 3.81. The predicted octanol–water partition coefficient (Wildman–Crippen LogP) is 2.53. The molecule has 2 saturated heterocycles. The molecule has 11 heteroatoms. The molecule has 4 N–H and O–H groups in total. The van der Waals surface area contributed by atoms with Crippen LogP contribution in [0.5, 0.6) is 0 Å². The first-order valence-electron chi connectivity index (χ1n) is 12.8. The van der Waals surface area contributed by atoms with Crippen LogP contribution in [0.15, 0.2) is 24.3 Å². The Morgan fingerprint density at radius 3 is 2.42 bits per heavy atom. The Morgan fingerprint density at radius 2 is 1.87 bits per heavy atom. The van der Waals surface area contributed by atoms with Gasteiger partial charge in [0.25, 0.3) is 5.91 Å². The highest BCUT2D eigenvalue weighted by Crippen LogP contribution is 2.24. The van der Waals surface area contributed by atoms with Gasteiger partial charge in [0.05, 0.1) is 6.04 Å². The minimum Gasteiger partial charge on any atom is -0.378 e. The Balaban J connectivity index is 1.75. The zero-order valence-corrected chi connectivity index (χ0v) is 23.4. The van der Waals surface area contributed by atoms with E-state index in [4.69, 9.17) is 23.2 Å². The van der Waals surface area contributed by atoms with Crippen LogP contribution in [0.2, 0.25) is 10.0 Å². The third kappa shape index (κ3) is 8.53. The number of hydrogen-bond donors (Lipinski definition) is 4. The maximum Gasteiger partial charge on any atom is 0.292 e. The number of benzene rings is 1. The molecular weight excluding hydrogens is 531 g/mol. The fourth-order valence-electron chi connectivity index (χ4n) is 4.46. The lowest BCUT2D eigenvalue weighted by molar-refractivity contribution is -0.149. The fraction of sp³-hybridized carbons (Fsp3) is 0.556. The van der Waals surface area contributed by atoms with E-state index in [2.05, 4.69) is 16.0 Å². The van der Waals surface area contributed by atoms with Crippen LogP contribution in [0, 0.1) is 11.3 Å². The molecule has 3 rings (SSSR count). The van der Waals surface area contributed by atoms with Gasteiger partial charge in [-0.05, 0) is 61.4 Å². The molecule has 0 spiro atoms. The Morgan fingerprint density at radius 1 is 1.16 bits per heavy atom. The van der Waals surface area contributed by atoms with E-state index < -0.39 is 41.8 Å². The molecule has 2 unspecified atom stereocenters. The van der Waals surface area contributed by atoms with Crippen molar-refractivity contribution >= 4 is 52.8 Å². The summed E-state index contributed by atoms with van der Waals surface area (Å²) in [6.45, 7) is 7.38. The normalized spacial score (nSPS) is 21.1. The summed E-state index contributed by atoms with van der Waals surface area (Å²) in [5, 5.41) is 19.4. The lowest BCUT2D eigenvalue weighted by Gasteiger charge is -2.33. The molecular formula is C27H36Cl2N4O5. The number of hydrogen-bond acceptors (Lipinski definition) is 6. The number of amides is 3. The van der Waals surface area contributed by atoms with Gasteiger partial charge in [-0.3, -0.25) is 24.5 Å². The zero-order valence-electron chi connectivity index (χ0n) is 21.9. The van der Waals surface area contributed by atoms with E-state index in [-0.39, 0.29) is 24.2 Å². The van der Waals surface area contributed by atoms with Crippen LogP contribution in [0.1, 0.15) is 52.0 Å². The highest BCUT2D eigenvalue weighted by molar-refractivity contribution is 6.38. The summed E-state index contributed by atoms with van der Waals surface area (Å²) in [6, 6.07) is 2.81. The van der Waals surface area contributed by atoms with Crippen molar-refractivity contribution in [2.45, 2.75) is 64.8 Å². The van der Waals surface area contributed by atoms with Crippen LogP contribution in [-0.4, -0.2) is 71.5 Å². The average Bonchev–Trinajstić information content (AvgIpc) is 3.19. The largest absolute Gasteiger partial charge is 0.378 e. The summed E-state index contributed by atoms with van der Waals surface area (Å²) in [7, 11) is 0. The third-order valence-electron chi connectivity index (χ3n) is 6.67. The monoisotopic (exact) mass is 566 g/mol. The van der Waals surface area contributed by atoms with Gasteiger partial charge < -0.3 is 20.6 Å². The average molecular weight is 568 g/mol. The number of nitrogens with one attached hydrogen (secondary N) is 3. The lowest BCUT2D eigenvalue weighted by atomic mass is 9.87. The van der Waals surface area contributed by atoms with Gasteiger partial charge in [-0.1, -0.05) is 50.0 Å². The number of halogens is 2. The number of carbonyl (C=O) groups is 4. The van der Waals surface area contributed by atoms with E-state index in [1.54, 1.807) is 18.2 Å². The second-order valence-corrected chi connectivity index (χ2v) is 11.9. The van der Waals surface area contributed by atoms with E-state index in [9.17, 15) is 24.3 Å². The van der Waals surface area contributed by atoms with Crippen LogP contribution >= 0.6 is 23.2 Å². The first-order valence-corrected chi connectivity index (χ1v) is 13.6. The zero-order chi connectivity index (χ0) is 28.0. The molecule has 2 aliphatic heterocycles. The molecule has 2 fully saturated rings. The van der Waals surface area contributed by atoms with Gasteiger partial charge in [0.15, 0.2) is 0 Å². The van der Waals surface area contributed by atoms with E-state index in [0.717, 1.165) is 6.42 Å². The van der Waals surface area contributed by atoms with E-state index in [0.29, 0.717) is 41.7 Å². The number of Topliss-reactive ketones (excluding diaryl/α,β-unsaturated/α-hetero) is 1. The van der Waals surface area contributed by atoms with Gasteiger partial charge in [-0.15, -0.1) is 0 Å². The highest BCUT2D eigenvalue weighted by atomic mass is 35.5. The van der Waals surface area contributed by atoms with Crippen molar-refractivity contribution in [3.05, 3.63) is 39.9 Å². The molecule has 2 aliphatic rings. The summed E-state index contributed by atoms with van der Waals surface area (Å²) in [4.78, 5) is 53.5. The number of rotatable bonds is 10. The Labute approximate surface area is 233 Å².